The Morgan fingerprint density at radius 1 is 1.12 bits per heavy atom. The third-order valence-corrected chi connectivity index (χ3v) is 6.84. The van der Waals surface area contributed by atoms with E-state index in [0.29, 0.717) is 6.54 Å². The van der Waals surface area contributed by atoms with Gasteiger partial charge in [-0.3, -0.25) is 4.79 Å². The molecule has 1 amide bonds. The lowest BCUT2D eigenvalue weighted by Crippen LogP contribution is -2.15. The highest BCUT2D eigenvalue weighted by molar-refractivity contribution is 7.99. The summed E-state index contributed by atoms with van der Waals surface area (Å²) in [4.78, 5) is 17.1. The largest absolute Gasteiger partial charge is 0.354 e. The average molecular weight is 479 g/mol. The van der Waals surface area contributed by atoms with E-state index in [9.17, 15) is 4.79 Å². The number of nitrogens with zero attached hydrogens (tertiary/aromatic N) is 4. The minimum absolute atomic E-state index is 0.0616. The molecule has 170 valence electrons. The first kappa shape index (κ1) is 23.0. The fourth-order valence-corrected chi connectivity index (χ4v) is 4.94. The van der Waals surface area contributed by atoms with Crippen LogP contribution in [0.5, 0.6) is 0 Å². The van der Waals surface area contributed by atoms with Crippen molar-refractivity contribution in [3.8, 4) is 11.3 Å². The van der Waals surface area contributed by atoms with Gasteiger partial charge in [-0.1, -0.05) is 59.8 Å². The SMILES string of the molecule is CCn1c(CNc2nc(-c3ccccc3)cs2)nnc1SCC(=O)Nc1ccc(C)cc1C. The summed E-state index contributed by atoms with van der Waals surface area (Å²) in [6, 6.07) is 16.1. The minimum Gasteiger partial charge on any atom is -0.354 e. The average Bonchev–Trinajstić information content (AvgIpc) is 3.45. The lowest BCUT2D eigenvalue weighted by molar-refractivity contribution is -0.113. The molecule has 9 heteroatoms. The number of thiazole rings is 1. The van der Waals surface area contributed by atoms with Gasteiger partial charge in [-0.2, -0.15) is 0 Å². The molecule has 2 aromatic heterocycles. The van der Waals surface area contributed by atoms with Crippen LogP contribution in [0.3, 0.4) is 0 Å². The lowest BCUT2D eigenvalue weighted by Gasteiger charge is -2.10. The number of amides is 1. The Morgan fingerprint density at radius 2 is 1.94 bits per heavy atom. The molecule has 2 N–H and O–H groups in total. The topological polar surface area (TPSA) is 84.7 Å². The second-order valence-corrected chi connectivity index (χ2v) is 9.36. The van der Waals surface area contributed by atoms with Gasteiger partial charge >= 0.3 is 0 Å². The molecule has 2 heterocycles. The van der Waals surface area contributed by atoms with Crippen molar-refractivity contribution >= 4 is 39.8 Å². The number of hydrogen-bond acceptors (Lipinski definition) is 7. The highest BCUT2D eigenvalue weighted by Crippen LogP contribution is 2.25. The van der Waals surface area contributed by atoms with Gasteiger partial charge in [0.1, 0.15) is 0 Å². The molecule has 0 bridgehead atoms. The Balaban J connectivity index is 1.34. The van der Waals surface area contributed by atoms with Crippen LogP contribution in [0.25, 0.3) is 11.3 Å². The van der Waals surface area contributed by atoms with Crippen LogP contribution in [-0.2, 0) is 17.9 Å². The zero-order chi connectivity index (χ0) is 23.2. The smallest absolute Gasteiger partial charge is 0.234 e. The summed E-state index contributed by atoms with van der Waals surface area (Å²) in [7, 11) is 0. The molecule has 33 heavy (non-hydrogen) atoms. The number of anilines is 2. The molecule has 0 radical (unpaired) electrons. The molecular formula is C24H26N6OS2. The van der Waals surface area contributed by atoms with Crippen LogP contribution in [-0.4, -0.2) is 31.4 Å². The Hall–Kier alpha value is -3.17. The van der Waals surface area contributed by atoms with E-state index in [1.807, 2.05) is 73.2 Å². The molecule has 2 aromatic carbocycles. The van der Waals surface area contributed by atoms with Crippen molar-refractivity contribution in [1.29, 1.82) is 0 Å². The number of nitrogens with one attached hydrogen (secondary N) is 2. The van der Waals surface area contributed by atoms with E-state index < -0.39 is 0 Å². The number of rotatable bonds is 9. The maximum atomic E-state index is 12.5. The molecule has 0 fully saturated rings. The van der Waals surface area contributed by atoms with Crippen LogP contribution >= 0.6 is 23.1 Å². The van der Waals surface area contributed by atoms with E-state index in [4.69, 9.17) is 0 Å². The quantitative estimate of drug-likeness (QED) is 0.314. The van der Waals surface area contributed by atoms with Gasteiger partial charge < -0.3 is 15.2 Å². The van der Waals surface area contributed by atoms with Crippen LogP contribution in [0.2, 0.25) is 0 Å². The van der Waals surface area contributed by atoms with E-state index in [0.717, 1.165) is 45.2 Å². The first-order valence-electron chi connectivity index (χ1n) is 10.7. The first-order valence-corrected chi connectivity index (χ1v) is 12.6. The van der Waals surface area contributed by atoms with Crippen LogP contribution < -0.4 is 10.6 Å². The molecule has 0 saturated carbocycles. The van der Waals surface area contributed by atoms with Crippen molar-refractivity contribution in [2.75, 3.05) is 16.4 Å². The molecule has 7 nitrogen and oxygen atoms in total. The van der Waals surface area contributed by atoms with Gasteiger partial charge in [-0.25, -0.2) is 4.98 Å². The van der Waals surface area contributed by atoms with Crippen molar-refractivity contribution in [2.24, 2.45) is 0 Å². The zero-order valence-corrected chi connectivity index (χ0v) is 20.5. The Morgan fingerprint density at radius 3 is 2.70 bits per heavy atom. The summed E-state index contributed by atoms with van der Waals surface area (Å²) in [5.74, 6) is 1.02. The second-order valence-electron chi connectivity index (χ2n) is 7.56. The number of thioether (sulfide) groups is 1. The predicted octanol–water partition coefficient (Wildman–Crippen LogP) is 5.38. The summed E-state index contributed by atoms with van der Waals surface area (Å²) < 4.78 is 2.02. The summed E-state index contributed by atoms with van der Waals surface area (Å²) in [5, 5.41) is 18.6. The van der Waals surface area contributed by atoms with E-state index in [1.54, 1.807) is 11.3 Å². The Labute approximate surface area is 201 Å². The van der Waals surface area contributed by atoms with Crippen LogP contribution in [0.4, 0.5) is 10.8 Å². The number of hydrogen-bond donors (Lipinski definition) is 2. The summed E-state index contributed by atoms with van der Waals surface area (Å²) >= 11 is 2.95. The minimum atomic E-state index is -0.0616. The maximum Gasteiger partial charge on any atom is 0.234 e. The fourth-order valence-electron chi connectivity index (χ4n) is 3.40. The molecule has 0 saturated heterocycles. The van der Waals surface area contributed by atoms with Crippen molar-refractivity contribution in [2.45, 2.75) is 39.0 Å². The van der Waals surface area contributed by atoms with Gasteiger partial charge in [0.25, 0.3) is 0 Å². The zero-order valence-electron chi connectivity index (χ0n) is 18.8. The monoisotopic (exact) mass is 478 g/mol. The Kier molecular flexibility index (Phi) is 7.41. The molecule has 0 aliphatic carbocycles. The molecule has 0 atom stereocenters. The van der Waals surface area contributed by atoms with E-state index in [1.165, 1.54) is 17.3 Å². The van der Waals surface area contributed by atoms with Gasteiger partial charge in [-0.05, 0) is 32.4 Å². The molecule has 4 rings (SSSR count). The van der Waals surface area contributed by atoms with Gasteiger partial charge in [0.15, 0.2) is 16.1 Å². The number of carbonyl (C=O) groups is 1. The Bertz CT molecular complexity index is 1230. The van der Waals surface area contributed by atoms with Crippen molar-refractivity contribution in [3.05, 3.63) is 70.9 Å². The number of aromatic nitrogens is 4. The normalized spacial score (nSPS) is 10.9. The summed E-state index contributed by atoms with van der Waals surface area (Å²) in [6.45, 7) is 7.31. The third kappa shape index (κ3) is 5.80. The molecule has 0 aliphatic rings. The summed E-state index contributed by atoms with van der Waals surface area (Å²) in [5.41, 5.74) is 5.11. The van der Waals surface area contributed by atoms with Gasteiger partial charge in [0, 0.05) is 23.2 Å². The second kappa shape index (κ2) is 10.6. The third-order valence-electron chi connectivity index (χ3n) is 5.07. The van der Waals surface area contributed by atoms with E-state index >= 15 is 0 Å². The van der Waals surface area contributed by atoms with Gasteiger partial charge in [0.05, 0.1) is 18.0 Å². The van der Waals surface area contributed by atoms with Gasteiger partial charge in [0.2, 0.25) is 5.91 Å². The highest BCUT2D eigenvalue weighted by Gasteiger charge is 2.14. The number of carbonyl (C=O) groups excluding carboxylic acids is 1. The van der Waals surface area contributed by atoms with Gasteiger partial charge in [-0.15, -0.1) is 21.5 Å². The van der Waals surface area contributed by atoms with Crippen molar-refractivity contribution in [3.63, 3.8) is 0 Å². The fraction of sp³-hybridized carbons (Fsp3) is 0.250. The first-order chi connectivity index (χ1) is 16.0. The molecule has 0 unspecified atom stereocenters. The van der Waals surface area contributed by atoms with E-state index in [2.05, 4.69) is 31.9 Å². The maximum absolute atomic E-state index is 12.5. The lowest BCUT2D eigenvalue weighted by atomic mass is 10.1. The number of aryl methyl sites for hydroxylation is 2. The predicted molar refractivity (Wildman–Crippen MR) is 136 cm³/mol. The van der Waals surface area contributed by atoms with Crippen molar-refractivity contribution < 1.29 is 4.79 Å². The molecule has 0 aliphatic heterocycles. The van der Waals surface area contributed by atoms with Crippen LogP contribution in [0.1, 0.15) is 23.9 Å². The van der Waals surface area contributed by atoms with E-state index in [-0.39, 0.29) is 11.7 Å². The molecule has 4 aromatic rings. The van der Waals surface area contributed by atoms with Crippen LogP contribution in [0, 0.1) is 13.8 Å². The summed E-state index contributed by atoms with van der Waals surface area (Å²) in [6.07, 6.45) is 0. The number of benzene rings is 2. The molecule has 0 spiro atoms. The standard InChI is InChI=1S/C24H26N6OS2/c1-4-30-21(13-25-23-27-20(14-32-23)18-8-6-5-7-9-18)28-29-24(30)33-15-22(31)26-19-11-10-16(2)12-17(19)3/h5-12,14H,4,13,15H2,1-3H3,(H,25,27)(H,26,31). The highest BCUT2D eigenvalue weighted by atomic mass is 32.2. The van der Waals surface area contributed by atoms with Crippen molar-refractivity contribution in [1.82, 2.24) is 19.7 Å². The van der Waals surface area contributed by atoms with Crippen LogP contribution in [0.15, 0.2) is 59.1 Å². The molecular weight excluding hydrogens is 452 g/mol.